The molecule has 18 heavy (non-hydrogen) atoms. The van der Waals surface area contributed by atoms with Crippen molar-refractivity contribution < 1.29 is 18.0 Å². The number of alkyl halides is 3. The number of fused-ring (bicyclic) bond motifs is 1. The zero-order valence-electron chi connectivity index (χ0n) is 9.43. The molecule has 0 spiro atoms. The van der Waals surface area contributed by atoms with Gasteiger partial charge in [0.25, 0.3) is 0 Å². The molecule has 0 radical (unpaired) electrons. The highest BCUT2D eigenvalue weighted by molar-refractivity contribution is 6.30. The van der Waals surface area contributed by atoms with Crippen LogP contribution in [0.15, 0.2) is 18.2 Å². The molecular formula is C12H11ClF3NO. The minimum absolute atomic E-state index is 0.0335. The van der Waals surface area contributed by atoms with E-state index in [1.54, 1.807) is 18.2 Å². The van der Waals surface area contributed by atoms with Gasteiger partial charge in [-0.25, -0.2) is 0 Å². The van der Waals surface area contributed by atoms with Gasteiger partial charge in [0, 0.05) is 18.1 Å². The van der Waals surface area contributed by atoms with Crippen LogP contribution in [0.1, 0.15) is 17.5 Å². The summed E-state index contributed by atoms with van der Waals surface area (Å²) in [7, 11) is 0. The number of hydrogen-bond acceptors (Lipinski definition) is 1. The molecule has 1 aromatic rings. The highest BCUT2D eigenvalue weighted by Gasteiger charge is 2.42. The first-order valence-corrected chi connectivity index (χ1v) is 5.89. The van der Waals surface area contributed by atoms with Crippen molar-refractivity contribution in [2.45, 2.75) is 25.6 Å². The Labute approximate surface area is 107 Å². The third-order valence-electron chi connectivity index (χ3n) is 2.93. The van der Waals surface area contributed by atoms with Crippen LogP contribution in [-0.2, 0) is 17.8 Å². The van der Waals surface area contributed by atoms with Crippen molar-refractivity contribution >= 4 is 17.5 Å². The van der Waals surface area contributed by atoms with Gasteiger partial charge in [0.05, 0.1) is 0 Å². The van der Waals surface area contributed by atoms with E-state index in [2.05, 4.69) is 0 Å². The van der Waals surface area contributed by atoms with Gasteiger partial charge in [-0.15, -0.1) is 0 Å². The summed E-state index contributed by atoms with van der Waals surface area (Å²) in [5, 5.41) is 0.468. The quantitative estimate of drug-likeness (QED) is 0.713. The molecule has 0 bridgehead atoms. The SMILES string of the molecule is O=C(N1CCCc2ccc(Cl)cc2C1)C(F)(F)F. The van der Waals surface area contributed by atoms with Gasteiger partial charge in [-0.3, -0.25) is 4.79 Å². The van der Waals surface area contributed by atoms with E-state index in [4.69, 9.17) is 11.6 Å². The van der Waals surface area contributed by atoms with Crippen molar-refractivity contribution in [2.75, 3.05) is 6.54 Å². The molecule has 98 valence electrons. The molecule has 0 fully saturated rings. The van der Waals surface area contributed by atoms with Gasteiger partial charge in [-0.1, -0.05) is 17.7 Å². The molecule has 1 heterocycles. The molecular weight excluding hydrogens is 267 g/mol. The van der Waals surface area contributed by atoms with Crippen LogP contribution in [0.25, 0.3) is 0 Å². The normalized spacial score (nSPS) is 16.1. The Morgan fingerprint density at radius 3 is 2.67 bits per heavy atom. The Morgan fingerprint density at radius 2 is 2.00 bits per heavy atom. The summed E-state index contributed by atoms with van der Waals surface area (Å²) in [6, 6.07) is 5.14. The van der Waals surface area contributed by atoms with E-state index in [0.717, 1.165) is 10.5 Å². The molecule has 0 N–H and O–H groups in total. The van der Waals surface area contributed by atoms with Crippen molar-refractivity contribution in [2.24, 2.45) is 0 Å². The van der Waals surface area contributed by atoms with Crippen LogP contribution >= 0.6 is 11.6 Å². The summed E-state index contributed by atoms with van der Waals surface area (Å²) in [6.07, 6.45) is -3.63. The number of amides is 1. The fourth-order valence-corrected chi connectivity index (χ4v) is 2.28. The van der Waals surface area contributed by atoms with Crippen LogP contribution in [0, 0.1) is 0 Å². The topological polar surface area (TPSA) is 20.3 Å². The first-order chi connectivity index (χ1) is 8.38. The third-order valence-corrected chi connectivity index (χ3v) is 3.17. The van der Waals surface area contributed by atoms with E-state index in [9.17, 15) is 18.0 Å². The average Bonchev–Trinajstić information content (AvgIpc) is 2.48. The van der Waals surface area contributed by atoms with Gasteiger partial charge in [0.15, 0.2) is 0 Å². The summed E-state index contributed by atoms with van der Waals surface area (Å²) in [4.78, 5) is 12.1. The van der Waals surface area contributed by atoms with Crippen LogP contribution in [0.3, 0.4) is 0 Å². The van der Waals surface area contributed by atoms with Crippen LogP contribution in [0.5, 0.6) is 0 Å². The van der Waals surface area contributed by atoms with E-state index >= 15 is 0 Å². The molecule has 0 saturated heterocycles. The van der Waals surface area contributed by atoms with Crippen LogP contribution in [-0.4, -0.2) is 23.5 Å². The van der Waals surface area contributed by atoms with Gasteiger partial charge in [0.2, 0.25) is 0 Å². The molecule has 1 aliphatic heterocycles. The summed E-state index contributed by atoms with van der Waals surface area (Å²) in [6.45, 7) is 0.0822. The summed E-state index contributed by atoms with van der Waals surface area (Å²) in [5.74, 6) is -1.78. The van der Waals surface area contributed by atoms with E-state index < -0.39 is 12.1 Å². The molecule has 0 aromatic heterocycles. The highest BCUT2D eigenvalue weighted by Crippen LogP contribution is 2.26. The second kappa shape index (κ2) is 4.80. The van der Waals surface area contributed by atoms with E-state index in [1.807, 2.05) is 0 Å². The third kappa shape index (κ3) is 2.77. The number of nitrogens with zero attached hydrogens (tertiary/aromatic N) is 1. The number of carbonyl (C=O) groups is 1. The minimum Gasteiger partial charge on any atom is -0.331 e. The first kappa shape index (κ1) is 13.2. The molecule has 1 amide bonds. The molecule has 0 aliphatic carbocycles. The molecule has 2 rings (SSSR count). The number of benzene rings is 1. The Hall–Kier alpha value is -1.23. The number of rotatable bonds is 0. The number of hydrogen-bond donors (Lipinski definition) is 0. The number of halogens is 4. The van der Waals surface area contributed by atoms with E-state index in [0.29, 0.717) is 23.4 Å². The Balaban J connectivity index is 2.26. The molecule has 6 heteroatoms. The summed E-state index contributed by atoms with van der Waals surface area (Å²) < 4.78 is 37.2. The predicted molar refractivity (Wildman–Crippen MR) is 61.2 cm³/mol. The highest BCUT2D eigenvalue weighted by atomic mass is 35.5. The van der Waals surface area contributed by atoms with Gasteiger partial charge < -0.3 is 4.90 Å². The van der Waals surface area contributed by atoms with Crippen molar-refractivity contribution in [3.8, 4) is 0 Å². The minimum atomic E-state index is -4.82. The zero-order chi connectivity index (χ0) is 13.3. The van der Waals surface area contributed by atoms with Gasteiger partial charge in [-0.05, 0) is 36.1 Å². The lowest BCUT2D eigenvalue weighted by atomic mass is 10.0. The second-order valence-corrected chi connectivity index (χ2v) is 4.68. The summed E-state index contributed by atoms with van der Waals surface area (Å²) >= 11 is 5.82. The van der Waals surface area contributed by atoms with Crippen LogP contribution in [0.4, 0.5) is 13.2 Å². The molecule has 1 aliphatic rings. The largest absolute Gasteiger partial charge is 0.471 e. The maximum Gasteiger partial charge on any atom is 0.471 e. The molecule has 0 unspecified atom stereocenters. The molecule has 0 saturated carbocycles. The van der Waals surface area contributed by atoms with Gasteiger partial charge in [0.1, 0.15) is 0 Å². The fraction of sp³-hybridized carbons (Fsp3) is 0.417. The van der Waals surface area contributed by atoms with Crippen molar-refractivity contribution in [1.82, 2.24) is 4.90 Å². The lowest BCUT2D eigenvalue weighted by molar-refractivity contribution is -0.186. The van der Waals surface area contributed by atoms with Crippen molar-refractivity contribution in [3.63, 3.8) is 0 Å². The maximum atomic E-state index is 12.4. The van der Waals surface area contributed by atoms with E-state index in [-0.39, 0.29) is 13.1 Å². The lowest BCUT2D eigenvalue weighted by Crippen LogP contribution is -2.40. The van der Waals surface area contributed by atoms with E-state index in [1.165, 1.54) is 0 Å². The number of carbonyl (C=O) groups excluding carboxylic acids is 1. The first-order valence-electron chi connectivity index (χ1n) is 5.51. The predicted octanol–water partition coefficient (Wildman–Crippen LogP) is 3.18. The van der Waals surface area contributed by atoms with Crippen molar-refractivity contribution in [1.29, 1.82) is 0 Å². The fourth-order valence-electron chi connectivity index (χ4n) is 2.08. The number of aryl methyl sites for hydroxylation is 1. The Morgan fingerprint density at radius 1 is 1.28 bits per heavy atom. The van der Waals surface area contributed by atoms with Crippen molar-refractivity contribution in [3.05, 3.63) is 34.3 Å². The Bertz CT molecular complexity index is 473. The lowest BCUT2D eigenvalue weighted by Gasteiger charge is -2.22. The maximum absolute atomic E-state index is 12.4. The summed E-state index contributed by atoms with van der Waals surface area (Å²) in [5.41, 5.74) is 1.65. The monoisotopic (exact) mass is 277 g/mol. The molecule has 2 nitrogen and oxygen atoms in total. The standard InChI is InChI=1S/C12H11ClF3NO/c13-10-4-3-8-2-1-5-17(7-9(8)6-10)11(18)12(14,15)16/h3-4,6H,1-2,5,7H2. The zero-order valence-corrected chi connectivity index (χ0v) is 10.2. The smallest absolute Gasteiger partial charge is 0.331 e. The van der Waals surface area contributed by atoms with Crippen LogP contribution in [0.2, 0.25) is 5.02 Å². The van der Waals surface area contributed by atoms with Crippen LogP contribution < -0.4 is 0 Å². The second-order valence-electron chi connectivity index (χ2n) is 4.24. The average molecular weight is 278 g/mol. The molecule has 1 aromatic carbocycles. The Kier molecular flexibility index (Phi) is 3.52. The van der Waals surface area contributed by atoms with Gasteiger partial charge >= 0.3 is 12.1 Å². The van der Waals surface area contributed by atoms with Gasteiger partial charge in [-0.2, -0.15) is 13.2 Å². The molecule has 0 atom stereocenters.